The minimum atomic E-state index is -0.481. The number of alkyl halides is 1. The maximum atomic E-state index is 12.0. The van der Waals surface area contributed by atoms with Crippen LogP contribution in [0.4, 0.5) is 0 Å². The Bertz CT molecular complexity index is 661. The van der Waals surface area contributed by atoms with E-state index in [-0.39, 0.29) is 16.6 Å². The molecule has 0 spiro atoms. The molecular weight excluding hydrogens is 286 g/mol. The van der Waals surface area contributed by atoms with E-state index >= 15 is 0 Å². The average molecular weight is 296 g/mol. The third-order valence-electron chi connectivity index (χ3n) is 2.68. The van der Waals surface area contributed by atoms with Crippen molar-refractivity contribution in [2.45, 2.75) is 0 Å². The Balaban J connectivity index is 2.97. The molecule has 2 rings (SSSR count). The number of fused-ring (bicyclic) bond motifs is 1. The van der Waals surface area contributed by atoms with E-state index in [1.165, 1.54) is 4.57 Å². The third kappa shape index (κ3) is 1.76. The Morgan fingerprint density at radius 2 is 2.06 bits per heavy atom. The van der Waals surface area contributed by atoms with Crippen LogP contribution in [-0.4, -0.2) is 20.8 Å². The number of carbonyl (C=O) groups is 1. The van der Waals surface area contributed by atoms with Gasteiger partial charge in [0.15, 0.2) is 5.78 Å². The molecule has 1 N–H and O–H groups in total. The molecule has 1 heterocycles. The molecule has 4 nitrogen and oxygen atoms in total. The van der Waals surface area contributed by atoms with Gasteiger partial charge in [0.2, 0.25) is 0 Å². The van der Waals surface area contributed by atoms with Crippen LogP contribution in [0.15, 0.2) is 29.1 Å². The smallest absolute Gasteiger partial charge is 0.265 e. The molecular formula is C12H10BrNO3. The number of pyridine rings is 1. The van der Waals surface area contributed by atoms with Crippen LogP contribution in [0.1, 0.15) is 10.4 Å². The molecule has 17 heavy (non-hydrogen) atoms. The van der Waals surface area contributed by atoms with Crippen molar-refractivity contribution in [1.82, 2.24) is 4.57 Å². The highest BCUT2D eigenvalue weighted by Gasteiger charge is 2.19. The van der Waals surface area contributed by atoms with Gasteiger partial charge in [-0.25, -0.2) is 0 Å². The summed E-state index contributed by atoms with van der Waals surface area (Å²) in [5.41, 5.74) is -0.0464. The van der Waals surface area contributed by atoms with E-state index in [0.717, 1.165) is 0 Å². The number of rotatable bonds is 2. The molecule has 0 aliphatic heterocycles. The number of hydrogen-bond donors (Lipinski definition) is 1. The van der Waals surface area contributed by atoms with Gasteiger partial charge in [0.1, 0.15) is 11.3 Å². The molecule has 88 valence electrons. The Morgan fingerprint density at radius 1 is 1.41 bits per heavy atom. The SMILES string of the molecule is Cn1c(=O)c(C(=O)CBr)c(O)c2ccccc21. The van der Waals surface area contributed by atoms with E-state index in [9.17, 15) is 14.7 Å². The van der Waals surface area contributed by atoms with Crippen molar-refractivity contribution < 1.29 is 9.90 Å². The summed E-state index contributed by atoms with van der Waals surface area (Å²) in [4.78, 5) is 23.6. The number of nitrogens with zero attached hydrogens (tertiary/aromatic N) is 1. The van der Waals surface area contributed by atoms with Gasteiger partial charge < -0.3 is 9.67 Å². The topological polar surface area (TPSA) is 59.3 Å². The molecule has 0 aliphatic carbocycles. The number of aromatic hydroxyl groups is 1. The van der Waals surface area contributed by atoms with Crippen molar-refractivity contribution in [3.05, 3.63) is 40.2 Å². The van der Waals surface area contributed by atoms with E-state index < -0.39 is 11.3 Å². The van der Waals surface area contributed by atoms with Crippen molar-refractivity contribution in [1.29, 1.82) is 0 Å². The second-order valence-electron chi connectivity index (χ2n) is 3.66. The summed E-state index contributed by atoms with van der Waals surface area (Å²) < 4.78 is 1.37. The van der Waals surface area contributed by atoms with Gasteiger partial charge in [0.25, 0.3) is 5.56 Å². The van der Waals surface area contributed by atoms with Crippen LogP contribution < -0.4 is 5.56 Å². The average Bonchev–Trinajstić information content (AvgIpc) is 2.36. The Hall–Kier alpha value is -1.62. The van der Waals surface area contributed by atoms with Crippen molar-refractivity contribution in [2.75, 3.05) is 5.33 Å². The summed E-state index contributed by atoms with van der Waals surface area (Å²) in [6.07, 6.45) is 0. The van der Waals surface area contributed by atoms with Gasteiger partial charge >= 0.3 is 0 Å². The van der Waals surface area contributed by atoms with E-state index in [1.807, 2.05) is 0 Å². The standard InChI is InChI=1S/C12H10BrNO3/c1-14-8-5-3-2-4-7(8)11(16)10(12(14)17)9(15)6-13/h2-5,16H,6H2,1H3. The van der Waals surface area contributed by atoms with Crippen molar-refractivity contribution >= 4 is 32.6 Å². The van der Waals surface area contributed by atoms with Crippen LogP contribution >= 0.6 is 15.9 Å². The Morgan fingerprint density at radius 3 is 2.71 bits per heavy atom. The predicted octanol–water partition coefficient (Wildman–Crippen LogP) is 1.82. The zero-order valence-corrected chi connectivity index (χ0v) is 10.7. The lowest BCUT2D eigenvalue weighted by molar-refractivity contribution is 0.101. The largest absolute Gasteiger partial charge is 0.506 e. The molecule has 0 bridgehead atoms. The maximum Gasteiger partial charge on any atom is 0.265 e. The predicted molar refractivity (Wildman–Crippen MR) is 69.0 cm³/mol. The van der Waals surface area contributed by atoms with Crippen molar-refractivity contribution in [3.8, 4) is 5.75 Å². The molecule has 0 aliphatic rings. The highest BCUT2D eigenvalue weighted by Crippen LogP contribution is 2.26. The molecule has 0 amide bonds. The summed E-state index contributed by atoms with van der Waals surface area (Å²) in [7, 11) is 1.58. The zero-order valence-electron chi connectivity index (χ0n) is 9.11. The van der Waals surface area contributed by atoms with Gasteiger partial charge in [0, 0.05) is 12.4 Å². The number of halogens is 1. The number of para-hydroxylation sites is 1. The minimum Gasteiger partial charge on any atom is -0.506 e. The summed E-state index contributed by atoms with van der Waals surface area (Å²) in [6.45, 7) is 0. The Kier molecular flexibility index (Phi) is 3.02. The molecule has 0 radical (unpaired) electrons. The first-order valence-electron chi connectivity index (χ1n) is 4.97. The van der Waals surface area contributed by atoms with E-state index in [4.69, 9.17) is 0 Å². The van der Waals surface area contributed by atoms with Crippen LogP contribution in [-0.2, 0) is 7.05 Å². The monoisotopic (exact) mass is 295 g/mol. The second-order valence-corrected chi connectivity index (χ2v) is 4.22. The fraction of sp³-hybridized carbons (Fsp3) is 0.167. The first-order chi connectivity index (χ1) is 8.07. The summed E-state index contributed by atoms with van der Waals surface area (Å²) in [6, 6.07) is 6.91. The van der Waals surface area contributed by atoms with Gasteiger partial charge in [0.05, 0.1) is 10.8 Å². The minimum absolute atomic E-state index is 0.00808. The second kappa shape index (κ2) is 4.33. The van der Waals surface area contributed by atoms with E-state index in [1.54, 1.807) is 31.3 Å². The number of Topliss-reactive ketones (excluding diaryl/α,β-unsaturated/α-hetero) is 1. The molecule has 0 fully saturated rings. The lowest BCUT2D eigenvalue weighted by Crippen LogP contribution is -2.25. The van der Waals surface area contributed by atoms with Gasteiger partial charge in [-0.3, -0.25) is 9.59 Å². The zero-order chi connectivity index (χ0) is 12.6. The highest BCUT2D eigenvalue weighted by molar-refractivity contribution is 9.09. The first-order valence-corrected chi connectivity index (χ1v) is 6.10. The number of benzene rings is 1. The normalized spacial score (nSPS) is 10.7. The van der Waals surface area contributed by atoms with Crippen LogP contribution in [0, 0.1) is 0 Å². The van der Waals surface area contributed by atoms with E-state index in [2.05, 4.69) is 15.9 Å². The first kappa shape index (κ1) is 11.9. The highest BCUT2D eigenvalue weighted by atomic mass is 79.9. The molecule has 0 atom stereocenters. The number of carbonyl (C=O) groups excluding carboxylic acids is 1. The summed E-state index contributed by atoms with van der Waals surface area (Å²) in [5.74, 6) is -0.665. The van der Waals surface area contributed by atoms with Gasteiger partial charge in [-0.05, 0) is 12.1 Å². The van der Waals surface area contributed by atoms with Gasteiger partial charge in [-0.15, -0.1) is 0 Å². The van der Waals surface area contributed by atoms with Crippen molar-refractivity contribution in [2.24, 2.45) is 7.05 Å². The van der Waals surface area contributed by atoms with Gasteiger partial charge in [-0.1, -0.05) is 28.1 Å². The number of aryl methyl sites for hydroxylation is 1. The molecule has 0 saturated carbocycles. The fourth-order valence-corrected chi connectivity index (χ4v) is 2.08. The van der Waals surface area contributed by atoms with Crippen LogP contribution in [0.25, 0.3) is 10.9 Å². The number of aromatic nitrogens is 1. The molecule has 1 aromatic carbocycles. The Labute approximate surface area is 106 Å². The lowest BCUT2D eigenvalue weighted by Gasteiger charge is -2.09. The quantitative estimate of drug-likeness (QED) is 0.679. The number of ketones is 1. The number of hydrogen-bond acceptors (Lipinski definition) is 3. The van der Waals surface area contributed by atoms with Gasteiger partial charge in [-0.2, -0.15) is 0 Å². The molecule has 5 heteroatoms. The van der Waals surface area contributed by atoms with E-state index in [0.29, 0.717) is 10.9 Å². The maximum absolute atomic E-state index is 12.0. The van der Waals surface area contributed by atoms with Crippen LogP contribution in [0.2, 0.25) is 0 Å². The third-order valence-corrected chi connectivity index (χ3v) is 3.19. The van der Waals surface area contributed by atoms with Crippen LogP contribution in [0.5, 0.6) is 5.75 Å². The lowest BCUT2D eigenvalue weighted by atomic mass is 10.1. The van der Waals surface area contributed by atoms with Crippen molar-refractivity contribution in [3.63, 3.8) is 0 Å². The molecule has 2 aromatic rings. The molecule has 0 unspecified atom stereocenters. The summed E-state index contributed by atoms with van der Waals surface area (Å²) in [5, 5.41) is 10.5. The fourth-order valence-electron chi connectivity index (χ4n) is 1.80. The van der Waals surface area contributed by atoms with Crippen LogP contribution in [0.3, 0.4) is 0 Å². The summed E-state index contributed by atoms with van der Waals surface area (Å²) >= 11 is 3.00. The molecule has 1 aromatic heterocycles. The molecule has 0 saturated heterocycles.